The summed E-state index contributed by atoms with van der Waals surface area (Å²) >= 11 is 6.16. The van der Waals surface area contributed by atoms with Gasteiger partial charge < -0.3 is 4.18 Å². The molecule has 0 amide bonds. The van der Waals surface area contributed by atoms with Gasteiger partial charge in [0.2, 0.25) is 0 Å². The standard InChI is InChI=1S/C21H20ClNO3S/c22-19-12-13-20(21-18(19)7-4-14-23-21)26-27(24,25)17-10-8-16(9-11-17)15-5-2-1-3-6-15/h4,7-15H,1-3,5-6H2. The first-order valence-electron chi connectivity index (χ1n) is 9.12. The Bertz CT molecular complexity index is 1060. The van der Waals surface area contributed by atoms with Crippen molar-refractivity contribution in [2.75, 3.05) is 0 Å². The molecule has 4 rings (SSSR count). The number of rotatable bonds is 4. The number of hydrogen-bond acceptors (Lipinski definition) is 4. The molecule has 0 spiro atoms. The van der Waals surface area contributed by atoms with Crippen LogP contribution in [0.5, 0.6) is 5.75 Å². The second-order valence-corrected chi connectivity index (χ2v) is 8.84. The van der Waals surface area contributed by atoms with E-state index in [9.17, 15) is 8.42 Å². The Hall–Kier alpha value is -2.11. The zero-order chi connectivity index (χ0) is 18.9. The highest BCUT2D eigenvalue weighted by molar-refractivity contribution is 7.87. The minimum absolute atomic E-state index is 0.140. The normalized spacial score (nSPS) is 15.7. The fraction of sp³-hybridized carbons (Fsp3) is 0.286. The quantitative estimate of drug-likeness (QED) is 0.526. The van der Waals surface area contributed by atoms with Crippen LogP contribution in [0.25, 0.3) is 10.9 Å². The lowest BCUT2D eigenvalue weighted by Gasteiger charge is -2.22. The van der Waals surface area contributed by atoms with Gasteiger partial charge in [0.25, 0.3) is 0 Å². The average Bonchev–Trinajstić information content (AvgIpc) is 2.71. The fourth-order valence-corrected chi connectivity index (χ4v) is 4.84. The monoisotopic (exact) mass is 401 g/mol. The molecule has 0 radical (unpaired) electrons. The molecule has 0 bridgehead atoms. The summed E-state index contributed by atoms with van der Waals surface area (Å²) in [6, 6.07) is 13.7. The van der Waals surface area contributed by atoms with Crippen molar-refractivity contribution in [3.63, 3.8) is 0 Å². The Labute approximate surface area is 164 Å². The highest BCUT2D eigenvalue weighted by atomic mass is 35.5. The summed E-state index contributed by atoms with van der Waals surface area (Å²) in [7, 11) is -3.95. The van der Waals surface area contributed by atoms with Gasteiger partial charge in [-0.3, -0.25) is 4.98 Å². The maximum Gasteiger partial charge on any atom is 0.339 e. The Morgan fingerprint density at radius 3 is 2.44 bits per heavy atom. The number of nitrogens with zero attached hydrogens (tertiary/aromatic N) is 1. The zero-order valence-electron chi connectivity index (χ0n) is 14.8. The lowest BCUT2D eigenvalue weighted by Crippen LogP contribution is -2.11. The van der Waals surface area contributed by atoms with Gasteiger partial charge in [-0.05, 0) is 60.7 Å². The number of benzene rings is 2. The van der Waals surface area contributed by atoms with Crippen molar-refractivity contribution >= 4 is 32.6 Å². The Morgan fingerprint density at radius 2 is 1.70 bits per heavy atom. The smallest absolute Gasteiger partial charge is 0.339 e. The third-order valence-corrected chi connectivity index (χ3v) is 6.70. The molecule has 3 aromatic rings. The van der Waals surface area contributed by atoms with E-state index in [1.54, 1.807) is 36.5 Å². The van der Waals surface area contributed by atoms with Crippen LogP contribution in [0.4, 0.5) is 0 Å². The number of halogens is 1. The molecule has 1 aliphatic rings. The van der Waals surface area contributed by atoms with E-state index in [1.807, 2.05) is 12.1 Å². The van der Waals surface area contributed by atoms with E-state index in [4.69, 9.17) is 15.8 Å². The van der Waals surface area contributed by atoms with E-state index in [0.29, 0.717) is 21.8 Å². The third kappa shape index (κ3) is 3.80. The Kier molecular flexibility index (Phi) is 5.06. The van der Waals surface area contributed by atoms with E-state index in [2.05, 4.69) is 4.98 Å². The van der Waals surface area contributed by atoms with E-state index in [1.165, 1.54) is 43.7 Å². The summed E-state index contributed by atoms with van der Waals surface area (Å²) in [5.74, 6) is 0.701. The second-order valence-electron chi connectivity index (χ2n) is 6.89. The van der Waals surface area contributed by atoms with Crippen molar-refractivity contribution in [2.24, 2.45) is 0 Å². The maximum absolute atomic E-state index is 12.7. The van der Waals surface area contributed by atoms with Crippen molar-refractivity contribution in [3.05, 3.63) is 65.3 Å². The van der Waals surface area contributed by atoms with Gasteiger partial charge >= 0.3 is 10.1 Å². The van der Waals surface area contributed by atoms with Gasteiger partial charge in [0.05, 0.1) is 5.02 Å². The molecule has 140 valence electrons. The number of fused-ring (bicyclic) bond motifs is 1. The van der Waals surface area contributed by atoms with Crippen molar-refractivity contribution in [2.45, 2.75) is 42.9 Å². The van der Waals surface area contributed by atoms with E-state index in [0.717, 1.165) is 0 Å². The molecule has 0 unspecified atom stereocenters. The zero-order valence-corrected chi connectivity index (χ0v) is 16.3. The molecule has 0 saturated heterocycles. The van der Waals surface area contributed by atoms with Crippen LogP contribution in [0.3, 0.4) is 0 Å². The lowest BCUT2D eigenvalue weighted by molar-refractivity contribution is 0.443. The Morgan fingerprint density at radius 1 is 0.963 bits per heavy atom. The van der Waals surface area contributed by atoms with Crippen LogP contribution in [0.2, 0.25) is 5.02 Å². The van der Waals surface area contributed by atoms with Crippen LogP contribution >= 0.6 is 11.6 Å². The molecule has 6 heteroatoms. The van der Waals surface area contributed by atoms with Gasteiger partial charge in [-0.25, -0.2) is 0 Å². The summed E-state index contributed by atoms with van der Waals surface area (Å²) in [6.45, 7) is 0. The largest absolute Gasteiger partial charge is 0.377 e. The van der Waals surface area contributed by atoms with E-state index >= 15 is 0 Å². The highest BCUT2D eigenvalue weighted by Gasteiger charge is 2.21. The van der Waals surface area contributed by atoms with Crippen LogP contribution in [0, 0.1) is 0 Å². The molecule has 1 aromatic heterocycles. The number of aromatic nitrogens is 1. The summed E-state index contributed by atoms with van der Waals surface area (Å²) in [5.41, 5.74) is 1.62. The summed E-state index contributed by atoms with van der Waals surface area (Å²) < 4.78 is 30.9. The van der Waals surface area contributed by atoms with Gasteiger partial charge in [-0.2, -0.15) is 8.42 Å². The van der Waals surface area contributed by atoms with E-state index in [-0.39, 0.29) is 10.6 Å². The lowest BCUT2D eigenvalue weighted by atomic mass is 9.84. The maximum atomic E-state index is 12.7. The molecule has 4 nitrogen and oxygen atoms in total. The fourth-order valence-electron chi connectivity index (χ4n) is 3.69. The van der Waals surface area contributed by atoms with Gasteiger partial charge in [0.15, 0.2) is 5.75 Å². The highest BCUT2D eigenvalue weighted by Crippen LogP contribution is 2.34. The van der Waals surface area contributed by atoms with Gasteiger partial charge in [0, 0.05) is 11.6 Å². The molecule has 0 atom stereocenters. The van der Waals surface area contributed by atoms with Crippen LogP contribution < -0.4 is 4.18 Å². The van der Waals surface area contributed by atoms with Gasteiger partial charge in [0.1, 0.15) is 10.4 Å². The van der Waals surface area contributed by atoms with Gasteiger partial charge in [-0.15, -0.1) is 0 Å². The molecule has 1 heterocycles. The van der Waals surface area contributed by atoms with Crippen molar-refractivity contribution in [1.82, 2.24) is 4.98 Å². The minimum atomic E-state index is -3.95. The predicted octanol–water partition coefficient (Wildman–Crippen LogP) is 5.70. The topological polar surface area (TPSA) is 56.3 Å². The van der Waals surface area contributed by atoms with E-state index < -0.39 is 10.1 Å². The first-order valence-corrected chi connectivity index (χ1v) is 10.9. The molecule has 0 N–H and O–H groups in total. The molecule has 1 saturated carbocycles. The van der Waals surface area contributed by atoms with Crippen molar-refractivity contribution in [3.8, 4) is 5.75 Å². The predicted molar refractivity (Wildman–Crippen MR) is 107 cm³/mol. The van der Waals surface area contributed by atoms with Crippen LogP contribution in [-0.2, 0) is 10.1 Å². The van der Waals surface area contributed by atoms with Gasteiger partial charge in [-0.1, -0.05) is 43.0 Å². The second kappa shape index (κ2) is 7.49. The first-order chi connectivity index (χ1) is 13.0. The number of pyridine rings is 1. The Balaban J connectivity index is 1.61. The summed E-state index contributed by atoms with van der Waals surface area (Å²) in [4.78, 5) is 4.36. The molecular formula is C21H20ClNO3S. The third-order valence-electron chi connectivity index (χ3n) is 5.12. The summed E-state index contributed by atoms with van der Waals surface area (Å²) in [5, 5.41) is 1.15. The molecule has 1 aliphatic carbocycles. The SMILES string of the molecule is O=S(=O)(Oc1ccc(Cl)c2cccnc12)c1ccc(C2CCCCC2)cc1. The van der Waals surface area contributed by atoms with Crippen molar-refractivity contribution in [1.29, 1.82) is 0 Å². The minimum Gasteiger partial charge on any atom is -0.377 e. The molecule has 1 fully saturated rings. The average molecular weight is 402 g/mol. The molecule has 2 aromatic carbocycles. The molecular weight excluding hydrogens is 382 g/mol. The number of hydrogen-bond donors (Lipinski definition) is 0. The van der Waals surface area contributed by atoms with Crippen LogP contribution in [0.1, 0.15) is 43.6 Å². The molecule has 0 aliphatic heterocycles. The van der Waals surface area contributed by atoms with Crippen molar-refractivity contribution < 1.29 is 12.6 Å². The molecule has 27 heavy (non-hydrogen) atoms. The van der Waals surface area contributed by atoms with Crippen LogP contribution in [0.15, 0.2) is 59.6 Å². The van der Waals surface area contributed by atoms with Crippen LogP contribution in [-0.4, -0.2) is 13.4 Å². The first kappa shape index (κ1) is 18.3. The summed E-state index contributed by atoms with van der Waals surface area (Å²) in [6.07, 6.45) is 7.70.